The largest absolute Gasteiger partial charge is 0.451 e. The maximum Gasteiger partial charge on any atom is 0.347 e. The van der Waals surface area contributed by atoms with E-state index in [2.05, 4.69) is 35.6 Å². The van der Waals surface area contributed by atoms with Gasteiger partial charge in [0.1, 0.15) is 5.52 Å². The number of fused-ring (bicyclic) bond motifs is 1. The van der Waals surface area contributed by atoms with E-state index in [1.54, 1.807) is 12.1 Å². The number of carbonyl (C=O) groups is 8. The van der Waals surface area contributed by atoms with Gasteiger partial charge < -0.3 is 28.4 Å². The van der Waals surface area contributed by atoms with Gasteiger partial charge in [0, 0.05) is 32.8 Å². The van der Waals surface area contributed by atoms with Crippen LogP contribution in [-0.2, 0) is 66.8 Å². The lowest BCUT2D eigenvalue weighted by atomic mass is 10.2. The third kappa shape index (κ3) is 10.7. The molecule has 0 unspecified atom stereocenters. The Labute approximate surface area is 311 Å². The van der Waals surface area contributed by atoms with Gasteiger partial charge in [0.15, 0.2) is 36.6 Å². The summed E-state index contributed by atoms with van der Waals surface area (Å²) in [7, 11) is 0. The highest BCUT2D eigenvalue weighted by atomic mass is 79.9. The SMILES string of the molecule is CC(=O)O[C@@H](C)C(=O)O[C@@H](C)C(=O)O[C@@H](C)C(=O)O[C@@H](C)C(=O)O[C@@H](C)C(=O)O[C@@H](C)C(=O)N1CCN=C1N(C(C)=O)c1ccc2nccnc2c1Br. The van der Waals surface area contributed by atoms with Crippen LogP contribution in [0.3, 0.4) is 0 Å². The molecule has 0 aliphatic carbocycles. The van der Waals surface area contributed by atoms with E-state index in [9.17, 15) is 38.4 Å². The number of ether oxygens (including phenoxy) is 6. The molecule has 1 aromatic carbocycles. The molecule has 0 N–H and O–H groups in total. The van der Waals surface area contributed by atoms with Crippen molar-refractivity contribution in [2.24, 2.45) is 4.99 Å². The molecule has 0 radical (unpaired) electrons. The van der Waals surface area contributed by atoms with Crippen LogP contribution in [0.5, 0.6) is 0 Å². The summed E-state index contributed by atoms with van der Waals surface area (Å²) in [5, 5.41) is 0. The predicted molar refractivity (Wildman–Crippen MR) is 183 cm³/mol. The molecule has 0 saturated carbocycles. The Hall–Kier alpha value is -5.53. The molecule has 0 bridgehead atoms. The van der Waals surface area contributed by atoms with Crippen molar-refractivity contribution in [1.82, 2.24) is 14.9 Å². The van der Waals surface area contributed by atoms with Crippen molar-refractivity contribution in [3.8, 4) is 0 Å². The van der Waals surface area contributed by atoms with E-state index < -0.39 is 84.3 Å². The van der Waals surface area contributed by atoms with Crippen molar-refractivity contribution in [3.63, 3.8) is 0 Å². The van der Waals surface area contributed by atoms with Crippen molar-refractivity contribution in [2.75, 3.05) is 18.0 Å². The van der Waals surface area contributed by atoms with E-state index in [1.165, 1.54) is 49.9 Å². The van der Waals surface area contributed by atoms with Crippen LogP contribution in [0.15, 0.2) is 34.0 Å². The molecule has 286 valence electrons. The first-order chi connectivity index (χ1) is 24.8. The number of hydrogen-bond acceptors (Lipinski definition) is 17. The number of benzene rings is 1. The van der Waals surface area contributed by atoms with E-state index in [-0.39, 0.29) is 19.0 Å². The number of guanidine groups is 1. The van der Waals surface area contributed by atoms with Gasteiger partial charge in [-0.1, -0.05) is 0 Å². The zero-order valence-corrected chi connectivity index (χ0v) is 31.6. The minimum Gasteiger partial charge on any atom is -0.451 e. The number of anilines is 1. The minimum absolute atomic E-state index is 0.00583. The topological polar surface area (TPSA) is 237 Å². The molecule has 0 fully saturated rings. The normalized spacial score (nSPS) is 15.7. The highest BCUT2D eigenvalue weighted by Crippen LogP contribution is 2.33. The molecule has 2 heterocycles. The number of nitrogens with zero attached hydrogens (tertiary/aromatic N) is 5. The van der Waals surface area contributed by atoms with Gasteiger partial charge in [-0.15, -0.1) is 0 Å². The molecule has 19 nitrogen and oxygen atoms in total. The predicted octanol–water partition coefficient (Wildman–Crippen LogP) is 1.55. The molecule has 53 heavy (non-hydrogen) atoms. The summed E-state index contributed by atoms with van der Waals surface area (Å²) < 4.78 is 30.2. The minimum atomic E-state index is -1.58. The fourth-order valence-corrected chi connectivity index (χ4v) is 5.14. The maximum atomic E-state index is 13.5. The molecule has 1 aliphatic heterocycles. The molecular weight excluding hydrogens is 770 g/mol. The van der Waals surface area contributed by atoms with Crippen LogP contribution in [0.1, 0.15) is 55.4 Å². The second kappa shape index (κ2) is 18.3. The lowest BCUT2D eigenvalue weighted by molar-refractivity contribution is -0.187. The molecule has 0 saturated heterocycles. The van der Waals surface area contributed by atoms with Gasteiger partial charge in [-0.3, -0.25) is 34.2 Å². The van der Waals surface area contributed by atoms with Crippen LogP contribution in [-0.4, -0.2) is 118 Å². The van der Waals surface area contributed by atoms with Crippen LogP contribution in [0.25, 0.3) is 11.0 Å². The van der Waals surface area contributed by atoms with Crippen molar-refractivity contribution in [2.45, 2.75) is 92.0 Å². The molecule has 2 amide bonds. The highest BCUT2D eigenvalue weighted by molar-refractivity contribution is 9.10. The molecule has 0 spiro atoms. The Balaban J connectivity index is 1.54. The number of hydrogen-bond donors (Lipinski definition) is 0. The van der Waals surface area contributed by atoms with Crippen LogP contribution in [0.4, 0.5) is 5.69 Å². The van der Waals surface area contributed by atoms with Gasteiger partial charge in [-0.2, -0.15) is 0 Å². The van der Waals surface area contributed by atoms with E-state index in [0.29, 0.717) is 21.2 Å². The van der Waals surface area contributed by atoms with Gasteiger partial charge in [-0.05, 0) is 69.6 Å². The van der Waals surface area contributed by atoms with Gasteiger partial charge in [0.25, 0.3) is 5.91 Å². The number of carbonyl (C=O) groups excluding carboxylic acids is 8. The van der Waals surface area contributed by atoms with Crippen LogP contribution < -0.4 is 4.90 Å². The molecular formula is C33H38BrN5O14. The molecule has 1 aliphatic rings. The fraction of sp³-hybridized carbons (Fsp3) is 0.485. The third-order valence-electron chi connectivity index (χ3n) is 7.21. The summed E-state index contributed by atoms with van der Waals surface area (Å²) in [5.74, 6) is -7.54. The van der Waals surface area contributed by atoms with E-state index >= 15 is 0 Å². The Bertz CT molecular complexity index is 1820. The fourth-order valence-electron chi connectivity index (χ4n) is 4.53. The summed E-state index contributed by atoms with van der Waals surface area (Å²) in [4.78, 5) is 115. The molecule has 1 aromatic heterocycles. The lowest BCUT2D eigenvalue weighted by Gasteiger charge is -2.29. The smallest absolute Gasteiger partial charge is 0.347 e. The zero-order valence-electron chi connectivity index (χ0n) is 30.0. The Morgan fingerprint density at radius 3 is 1.55 bits per heavy atom. The summed E-state index contributed by atoms with van der Waals surface area (Å²) in [5.41, 5.74) is 1.38. The van der Waals surface area contributed by atoms with E-state index in [1.807, 2.05) is 0 Å². The second-order valence-corrected chi connectivity index (χ2v) is 12.3. The van der Waals surface area contributed by atoms with Crippen molar-refractivity contribution in [1.29, 1.82) is 0 Å². The van der Waals surface area contributed by atoms with Gasteiger partial charge in [0.05, 0.1) is 22.2 Å². The third-order valence-corrected chi connectivity index (χ3v) is 8.00. The van der Waals surface area contributed by atoms with Gasteiger partial charge in [-0.25, -0.2) is 28.9 Å². The Morgan fingerprint density at radius 2 is 1.09 bits per heavy atom. The molecule has 6 atom stereocenters. The summed E-state index contributed by atoms with van der Waals surface area (Å²) in [6.45, 7) is 9.72. The first-order valence-corrected chi connectivity index (χ1v) is 16.9. The summed E-state index contributed by atoms with van der Waals surface area (Å²) in [6.07, 6.45) is -5.89. The summed E-state index contributed by atoms with van der Waals surface area (Å²) in [6, 6.07) is 3.28. The zero-order chi connectivity index (χ0) is 39.7. The first kappa shape index (κ1) is 41.9. The number of aromatic nitrogens is 2. The van der Waals surface area contributed by atoms with Crippen molar-refractivity contribution in [3.05, 3.63) is 29.0 Å². The Morgan fingerprint density at radius 1 is 0.660 bits per heavy atom. The van der Waals surface area contributed by atoms with Gasteiger partial charge >= 0.3 is 35.8 Å². The Kier molecular flexibility index (Phi) is 14.5. The average Bonchev–Trinajstić information content (AvgIpc) is 3.57. The number of esters is 6. The average molecular weight is 809 g/mol. The maximum absolute atomic E-state index is 13.5. The van der Waals surface area contributed by atoms with Crippen molar-refractivity contribution >= 4 is 86.2 Å². The van der Waals surface area contributed by atoms with E-state index in [4.69, 9.17) is 23.7 Å². The lowest BCUT2D eigenvalue weighted by Crippen LogP contribution is -2.51. The molecule has 3 rings (SSSR count). The van der Waals surface area contributed by atoms with Gasteiger partial charge in [0.2, 0.25) is 11.9 Å². The van der Waals surface area contributed by atoms with Crippen molar-refractivity contribution < 1.29 is 66.8 Å². The van der Waals surface area contributed by atoms with Crippen LogP contribution in [0, 0.1) is 0 Å². The van der Waals surface area contributed by atoms with Crippen LogP contribution >= 0.6 is 15.9 Å². The number of rotatable bonds is 13. The highest BCUT2D eigenvalue weighted by Gasteiger charge is 2.37. The van der Waals surface area contributed by atoms with E-state index in [0.717, 1.165) is 27.7 Å². The second-order valence-electron chi connectivity index (χ2n) is 11.5. The number of halogens is 1. The standard InChI is InChI=1S/C33H38BrN5O14/c1-15(27(42)38-14-13-37-33(38)39(21(7)40)24-10-9-23-26(25(24)34)36-12-11-35-23)49-29(44)17(3)51-31(46)19(5)53-32(47)20(6)52-30(45)18(4)50-28(43)16(2)48-22(8)41/h9-12,15-20H,13-14H2,1-8H3/t15-,16-,17-,18-,19-,20-/m0/s1. The van der Waals surface area contributed by atoms with Crippen LogP contribution in [0.2, 0.25) is 0 Å². The number of aliphatic imine (C=N–C) groups is 1. The monoisotopic (exact) mass is 807 g/mol. The molecule has 2 aromatic rings. The molecule has 20 heteroatoms. The summed E-state index contributed by atoms with van der Waals surface area (Å²) >= 11 is 3.47. The number of amides is 2. The quantitative estimate of drug-likeness (QED) is 0.206. The first-order valence-electron chi connectivity index (χ1n) is 16.1.